The number of rotatable bonds is 8. The third-order valence-corrected chi connectivity index (χ3v) is 5.11. The first kappa shape index (κ1) is 22.5. The van der Waals surface area contributed by atoms with Gasteiger partial charge in [-0.3, -0.25) is 9.78 Å². The van der Waals surface area contributed by atoms with E-state index in [1.54, 1.807) is 42.6 Å². The van der Waals surface area contributed by atoms with Gasteiger partial charge in [-0.05, 0) is 17.2 Å². The quantitative estimate of drug-likeness (QED) is 0.604. The lowest BCUT2D eigenvalue weighted by Gasteiger charge is -2.22. The molecule has 0 aliphatic rings. The number of hydrogen-bond acceptors (Lipinski definition) is 5. The van der Waals surface area contributed by atoms with E-state index in [-0.39, 0.29) is 5.75 Å². The van der Waals surface area contributed by atoms with Crippen LogP contribution in [0.15, 0.2) is 42.6 Å². The van der Waals surface area contributed by atoms with Gasteiger partial charge in [0.05, 0.1) is 17.5 Å². The molecule has 0 aliphatic carbocycles. The molecule has 0 spiro atoms. The second kappa shape index (κ2) is 9.65. The fourth-order valence-electron chi connectivity index (χ4n) is 2.50. The van der Waals surface area contributed by atoms with Crippen molar-refractivity contribution in [1.82, 2.24) is 10.3 Å². The summed E-state index contributed by atoms with van der Waals surface area (Å²) >= 11 is 10.9. The van der Waals surface area contributed by atoms with E-state index in [0.29, 0.717) is 11.3 Å². The number of aromatic nitrogens is 1. The lowest BCUT2D eigenvalue weighted by molar-refractivity contribution is -0.121. The number of amides is 1. The Balaban J connectivity index is 2.12. The Bertz CT molecular complexity index is 906. The molecule has 0 saturated heterocycles. The topological polar surface area (TPSA) is 96.4 Å². The summed E-state index contributed by atoms with van der Waals surface area (Å²) in [5.41, 5.74) is 2.36. The van der Waals surface area contributed by atoms with Crippen molar-refractivity contribution in [3.63, 3.8) is 0 Å². The molecule has 1 heterocycles. The van der Waals surface area contributed by atoms with Gasteiger partial charge < -0.3 is 10.4 Å². The Hall–Kier alpha value is -1.74. The minimum absolute atomic E-state index is 0.139. The molecule has 1 amide bonds. The number of aliphatic hydroxyl groups excluding tert-OH is 1. The van der Waals surface area contributed by atoms with E-state index in [4.69, 9.17) is 23.2 Å². The predicted molar refractivity (Wildman–Crippen MR) is 107 cm³/mol. The number of pyridine rings is 1. The number of hydrogen-bond donors (Lipinski definition) is 2. The largest absolute Gasteiger partial charge is 0.386 e. The SMILES string of the molecule is CS(=O)(=O)Cc1ccc(-c2ccc([C@H](O)[C@@H](CF)NC(=O)C(Cl)Cl)cc2)cn1. The summed E-state index contributed by atoms with van der Waals surface area (Å²) in [7, 11) is -3.16. The molecule has 0 aliphatic heterocycles. The van der Waals surface area contributed by atoms with Crippen molar-refractivity contribution in [2.45, 2.75) is 22.7 Å². The van der Waals surface area contributed by atoms with Crippen molar-refractivity contribution in [3.8, 4) is 11.1 Å². The number of aliphatic hydroxyl groups is 1. The van der Waals surface area contributed by atoms with Gasteiger partial charge in [0.1, 0.15) is 12.8 Å². The monoisotopic (exact) mass is 448 g/mol. The van der Waals surface area contributed by atoms with Crippen LogP contribution in [0.1, 0.15) is 17.4 Å². The lowest BCUT2D eigenvalue weighted by atomic mass is 9.99. The van der Waals surface area contributed by atoms with Gasteiger partial charge in [0.25, 0.3) is 5.91 Å². The summed E-state index contributed by atoms with van der Waals surface area (Å²) in [6, 6.07) is 8.78. The fourth-order valence-corrected chi connectivity index (χ4v) is 3.34. The van der Waals surface area contributed by atoms with Crippen LogP contribution in [0, 0.1) is 0 Å². The highest BCUT2D eigenvalue weighted by Crippen LogP contribution is 2.24. The molecule has 0 bridgehead atoms. The van der Waals surface area contributed by atoms with E-state index in [0.717, 1.165) is 17.4 Å². The third-order valence-electron chi connectivity index (χ3n) is 3.89. The number of alkyl halides is 3. The Morgan fingerprint density at radius 1 is 1.18 bits per heavy atom. The predicted octanol–water partition coefficient (Wildman–Crippen LogP) is 2.58. The van der Waals surface area contributed by atoms with E-state index in [1.807, 2.05) is 0 Å². The summed E-state index contributed by atoms with van der Waals surface area (Å²) < 4.78 is 35.8. The first-order chi connectivity index (χ1) is 13.1. The average molecular weight is 449 g/mol. The number of nitrogens with one attached hydrogen (secondary N) is 1. The third kappa shape index (κ3) is 6.41. The van der Waals surface area contributed by atoms with Crippen molar-refractivity contribution < 1.29 is 22.7 Å². The van der Waals surface area contributed by atoms with Crippen LogP contribution >= 0.6 is 23.2 Å². The number of halogens is 3. The van der Waals surface area contributed by atoms with Crippen molar-refractivity contribution in [1.29, 1.82) is 0 Å². The van der Waals surface area contributed by atoms with E-state index >= 15 is 0 Å². The van der Waals surface area contributed by atoms with Crippen molar-refractivity contribution in [2.75, 3.05) is 12.9 Å². The number of benzene rings is 1. The highest BCUT2D eigenvalue weighted by atomic mass is 35.5. The highest BCUT2D eigenvalue weighted by molar-refractivity contribution is 7.89. The van der Waals surface area contributed by atoms with E-state index in [2.05, 4.69) is 10.3 Å². The fraction of sp³-hybridized carbons (Fsp3) is 0.333. The van der Waals surface area contributed by atoms with Gasteiger partial charge in [-0.2, -0.15) is 0 Å². The van der Waals surface area contributed by atoms with Crippen LogP contribution in [-0.2, 0) is 20.4 Å². The molecule has 0 unspecified atom stereocenters. The molecule has 2 atom stereocenters. The van der Waals surface area contributed by atoms with Crippen molar-refractivity contribution >= 4 is 38.9 Å². The van der Waals surface area contributed by atoms with Crippen molar-refractivity contribution in [2.24, 2.45) is 0 Å². The number of carbonyl (C=O) groups excluding carboxylic acids is 1. The summed E-state index contributed by atoms with van der Waals surface area (Å²) in [5.74, 6) is -0.929. The molecule has 2 aromatic rings. The number of nitrogens with zero attached hydrogens (tertiary/aromatic N) is 1. The van der Waals surface area contributed by atoms with E-state index in [1.165, 1.54) is 0 Å². The average Bonchev–Trinajstić information content (AvgIpc) is 2.64. The Morgan fingerprint density at radius 2 is 1.79 bits per heavy atom. The molecule has 0 fully saturated rings. The van der Waals surface area contributed by atoms with Gasteiger partial charge in [-0.25, -0.2) is 12.8 Å². The second-order valence-corrected chi connectivity index (χ2v) is 9.48. The van der Waals surface area contributed by atoms with Gasteiger partial charge in [-0.1, -0.05) is 53.5 Å². The first-order valence-corrected chi connectivity index (χ1v) is 11.1. The van der Waals surface area contributed by atoms with E-state index in [9.17, 15) is 22.7 Å². The molecule has 152 valence electrons. The van der Waals surface area contributed by atoms with Gasteiger partial charge >= 0.3 is 0 Å². The van der Waals surface area contributed by atoms with Crippen LogP contribution < -0.4 is 5.32 Å². The zero-order valence-electron chi connectivity index (χ0n) is 14.8. The smallest absolute Gasteiger partial charge is 0.253 e. The van der Waals surface area contributed by atoms with Crippen LogP contribution in [0.2, 0.25) is 0 Å². The maximum Gasteiger partial charge on any atom is 0.253 e. The minimum atomic E-state index is -3.16. The standard InChI is InChI=1S/C18H19Cl2FN2O4S/c1-28(26,27)10-14-7-6-13(9-22-14)11-2-4-12(5-3-11)16(24)15(8-21)23-18(25)17(19)20/h2-7,9,15-17,24H,8,10H2,1H3,(H,23,25)/t15-,16+/m1/s1. The highest BCUT2D eigenvalue weighted by Gasteiger charge is 2.25. The molecular formula is C18H19Cl2FN2O4S. The zero-order valence-corrected chi connectivity index (χ0v) is 17.2. The zero-order chi connectivity index (χ0) is 20.9. The molecule has 2 rings (SSSR count). The van der Waals surface area contributed by atoms with Gasteiger partial charge in [0, 0.05) is 18.0 Å². The van der Waals surface area contributed by atoms with Crippen LogP contribution in [0.25, 0.3) is 11.1 Å². The summed E-state index contributed by atoms with van der Waals surface area (Å²) in [6.45, 7) is -0.999. The summed E-state index contributed by atoms with van der Waals surface area (Å²) in [5, 5.41) is 12.6. The molecule has 1 aromatic heterocycles. The maximum absolute atomic E-state index is 13.2. The molecule has 2 N–H and O–H groups in total. The van der Waals surface area contributed by atoms with Crippen molar-refractivity contribution in [3.05, 3.63) is 53.9 Å². The van der Waals surface area contributed by atoms with Crippen LogP contribution in [0.4, 0.5) is 4.39 Å². The summed E-state index contributed by atoms with van der Waals surface area (Å²) in [6.07, 6.45) is 1.41. The normalized spacial score (nSPS) is 13.9. The number of carbonyl (C=O) groups is 1. The number of sulfone groups is 1. The van der Waals surface area contributed by atoms with Crippen LogP contribution in [0.3, 0.4) is 0 Å². The van der Waals surface area contributed by atoms with E-state index < -0.39 is 39.4 Å². The molecule has 6 nitrogen and oxygen atoms in total. The van der Waals surface area contributed by atoms with Crippen LogP contribution in [-0.4, -0.2) is 48.2 Å². The summed E-state index contributed by atoms with van der Waals surface area (Å²) in [4.78, 5) is 14.3. The van der Waals surface area contributed by atoms with Gasteiger partial charge in [0.2, 0.25) is 0 Å². The Morgan fingerprint density at radius 3 is 2.25 bits per heavy atom. The molecule has 1 aromatic carbocycles. The van der Waals surface area contributed by atoms with Gasteiger partial charge in [-0.15, -0.1) is 0 Å². The first-order valence-electron chi connectivity index (χ1n) is 8.16. The van der Waals surface area contributed by atoms with Gasteiger partial charge in [0.15, 0.2) is 14.7 Å². The molecule has 0 saturated carbocycles. The molecular weight excluding hydrogens is 430 g/mol. The maximum atomic E-state index is 13.2. The Labute approximate surface area is 172 Å². The Kier molecular flexibility index (Phi) is 7.77. The van der Waals surface area contributed by atoms with Crippen LogP contribution in [0.5, 0.6) is 0 Å². The molecule has 28 heavy (non-hydrogen) atoms. The minimum Gasteiger partial charge on any atom is -0.386 e. The molecule has 0 radical (unpaired) electrons. The lowest BCUT2D eigenvalue weighted by Crippen LogP contribution is -2.43. The second-order valence-electron chi connectivity index (χ2n) is 6.25. The molecule has 10 heteroatoms.